The van der Waals surface area contributed by atoms with Crippen molar-refractivity contribution in [3.8, 4) is 5.75 Å². The van der Waals surface area contributed by atoms with Gasteiger partial charge < -0.3 is 20.1 Å². The second-order valence-corrected chi connectivity index (χ2v) is 4.98. The van der Waals surface area contributed by atoms with Crippen LogP contribution in [0.4, 0.5) is 0 Å². The number of rotatable bonds is 9. The van der Waals surface area contributed by atoms with Gasteiger partial charge in [0.1, 0.15) is 5.75 Å². The second kappa shape index (κ2) is 13.4. The van der Waals surface area contributed by atoms with Crippen LogP contribution in [-0.2, 0) is 11.3 Å². The molecule has 0 fully saturated rings. The first-order valence-electron chi connectivity index (χ1n) is 7.94. The number of guanidine groups is 1. The average molecular weight is 435 g/mol. The third-order valence-electron chi connectivity index (χ3n) is 3.19. The van der Waals surface area contributed by atoms with Crippen molar-refractivity contribution < 1.29 is 9.47 Å². The van der Waals surface area contributed by atoms with Gasteiger partial charge in [0.25, 0.3) is 0 Å². The fourth-order valence-corrected chi connectivity index (χ4v) is 2.08. The molecule has 1 aromatic carbocycles. The SMILES string of the molecule is CCNC(=NCc1ccc(OC)c(C)c1)NCCCOCC.I. The minimum absolute atomic E-state index is 0. The number of nitrogens with zero attached hydrogens (tertiary/aromatic N) is 1. The number of benzene rings is 1. The molecule has 0 saturated carbocycles. The lowest BCUT2D eigenvalue weighted by Crippen LogP contribution is -2.38. The van der Waals surface area contributed by atoms with Gasteiger partial charge in [-0.1, -0.05) is 12.1 Å². The van der Waals surface area contributed by atoms with Crippen LogP contribution >= 0.6 is 24.0 Å². The summed E-state index contributed by atoms with van der Waals surface area (Å²) >= 11 is 0. The van der Waals surface area contributed by atoms with E-state index in [1.165, 1.54) is 5.56 Å². The van der Waals surface area contributed by atoms with Crippen LogP contribution in [0.2, 0.25) is 0 Å². The van der Waals surface area contributed by atoms with Crippen LogP contribution in [0.5, 0.6) is 5.75 Å². The highest BCUT2D eigenvalue weighted by molar-refractivity contribution is 14.0. The molecule has 0 aliphatic heterocycles. The van der Waals surface area contributed by atoms with E-state index in [0.29, 0.717) is 6.54 Å². The van der Waals surface area contributed by atoms with Crippen molar-refractivity contribution in [2.45, 2.75) is 33.7 Å². The van der Waals surface area contributed by atoms with Gasteiger partial charge in [0.05, 0.1) is 13.7 Å². The normalized spacial score (nSPS) is 10.9. The number of hydrogen-bond acceptors (Lipinski definition) is 3. The van der Waals surface area contributed by atoms with Crippen LogP contribution in [0.1, 0.15) is 31.4 Å². The van der Waals surface area contributed by atoms with Gasteiger partial charge in [-0.25, -0.2) is 4.99 Å². The molecule has 0 spiro atoms. The van der Waals surface area contributed by atoms with Gasteiger partial charge in [0.15, 0.2) is 5.96 Å². The maximum atomic E-state index is 5.33. The lowest BCUT2D eigenvalue weighted by molar-refractivity contribution is 0.145. The molecule has 0 heterocycles. The predicted molar refractivity (Wildman–Crippen MR) is 107 cm³/mol. The molecule has 1 rings (SSSR count). The minimum Gasteiger partial charge on any atom is -0.496 e. The molecular weight excluding hydrogens is 405 g/mol. The standard InChI is InChI=1S/C17H29N3O2.HI/c1-5-18-17(19-10-7-11-22-6-2)20-13-15-8-9-16(21-4)14(3)12-15;/h8-9,12H,5-7,10-11,13H2,1-4H3,(H2,18,19,20);1H. The molecule has 0 aliphatic carbocycles. The number of hydrogen-bond donors (Lipinski definition) is 2. The Labute approximate surface area is 157 Å². The fraction of sp³-hybridized carbons (Fsp3) is 0.588. The Hall–Kier alpha value is -1.02. The van der Waals surface area contributed by atoms with Crippen LogP contribution in [0.25, 0.3) is 0 Å². The molecule has 0 atom stereocenters. The highest BCUT2D eigenvalue weighted by atomic mass is 127. The summed E-state index contributed by atoms with van der Waals surface area (Å²) in [6, 6.07) is 6.15. The molecule has 0 aliphatic rings. The highest BCUT2D eigenvalue weighted by Crippen LogP contribution is 2.18. The van der Waals surface area contributed by atoms with E-state index in [9.17, 15) is 0 Å². The Balaban J connectivity index is 0.00000484. The van der Waals surface area contributed by atoms with Crippen molar-refractivity contribution in [1.29, 1.82) is 0 Å². The fourth-order valence-electron chi connectivity index (χ4n) is 2.08. The van der Waals surface area contributed by atoms with Crippen LogP contribution < -0.4 is 15.4 Å². The summed E-state index contributed by atoms with van der Waals surface area (Å²) < 4.78 is 10.6. The Bertz CT molecular complexity index is 467. The summed E-state index contributed by atoms with van der Waals surface area (Å²) in [5.74, 6) is 1.75. The number of aliphatic imine (C=N–C) groups is 1. The van der Waals surface area contributed by atoms with Gasteiger partial charge in [0, 0.05) is 26.3 Å². The summed E-state index contributed by atoms with van der Waals surface area (Å²) in [7, 11) is 1.69. The monoisotopic (exact) mass is 435 g/mol. The topological polar surface area (TPSA) is 54.9 Å². The molecule has 23 heavy (non-hydrogen) atoms. The molecule has 0 amide bonds. The quantitative estimate of drug-likeness (QED) is 0.271. The van der Waals surface area contributed by atoms with E-state index in [1.54, 1.807) is 7.11 Å². The van der Waals surface area contributed by atoms with E-state index >= 15 is 0 Å². The highest BCUT2D eigenvalue weighted by Gasteiger charge is 2.01. The van der Waals surface area contributed by atoms with Crippen LogP contribution in [0, 0.1) is 6.92 Å². The summed E-state index contributed by atoms with van der Waals surface area (Å²) in [5, 5.41) is 6.58. The van der Waals surface area contributed by atoms with E-state index in [0.717, 1.165) is 50.0 Å². The first kappa shape index (κ1) is 22.0. The number of halogens is 1. The number of aryl methyl sites for hydroxylation is 1. The molecular formula is C17H30IN3O2. The molecule has 132 valence electrons. The van der Waals surface area contributed by atoms with E-state index < -0.39 is 0 Å². The van der Waals surface area contributed by atoms with E-state index in [2.05, 4.69) is 28.6 Å². The maximum Gasteiger partial charge on any atom is 0.191 e. The van der Waals surface area contributed by atoms with Gasteiger partial charge in [-0.2, -0.15) is 0 Å². The zero-order valence-electron chi connectivity index (χ0n) is 14.6. The molecule has 1 aromatic rings. The van der Waals surface area contributed by atoms with Crippen LogP contribution in [0.3, 0.4) is 0 Å². The maximum absolute atomic E-state index is 5.33. The predicted octanol–water partition coefficient (Wildman–Crippen LogP) is 3.10. The van der Waals surface area contributed by atoms with Gasteiger partial charge in [-0.05, 0) is 44.4 Å². The van der Waals surface area contributed by atoms with Crippen molar-refractivity contribution in [3.63, 3.8) is 0 Å². The Morgan fingerprint density at radius 3 is 2.61 bits per heavy atom. The van der Waals surface area contributed by atoms with Crippen molar-refractivity contribution >= 4 is 29.9 Å². The Morgan fingerprint density at radius 2 is 2.00 bits per heavy atom. The molecule has 0 unspecified atom stereocenters. The van der Waals surface area contributed by atoms with Gasteiger partial charge in [0.2, 0.25) is 0 Å². The van der Waals surface area contributed by atoms with Crippen LogP contribution in [-0.4, -0.2) is 39.4 Å². The van der Waals surface area contributed by atoms with Gasteiger partial charge >= 0.3 is 0 Å². The molecule has 0 bridgehead atoms. The van der Waals surface area contributed by atoms with Gasteiger partial charge in [-0.3, -0.25) is 0 Å². The van der Waals surface area contributed by atoms with E-state index in [1.807, 2.05) is 26.0 Å². The van der Waals surface area contributed by atoms with Gasteiger partial charge in [-0.15, -0.1) is 24.0 Å². The first-order chi connectivity index (χ1) is 10.7. The van der Waals surface area contributed by atoms with Crippen molar-refractivity contribution in [2.24, 2.45) is 4.99 Å². The third kappa shape index (κ3) is 9.00. The van der Waals surface area contributed by atoms with Crippen molar-refractivity contribution in [1.82, 2.24) is 10.6 Å². The Morgan fingerprint density at radius 1 is 1.22 bits per heavy atom. The first-order valence-corrected chi connectivity index (χ1v) is 7.94. The van der Waals surface area contributed by atoms with Crippen molar-refractivity contribution in [2.75, 3.05) is 33.4 Å². The largest absolute Gasteiger partial charge is 0.496 e. The second-order valence-electron chi connectivity index (χ2n) is 4.98. The minimum atomic E-state index is 0. The molecule has 0 aromatic heterocycles. The summed E-state index contributed by atoms with van der Waals surface area (Å²) in [6.07, 6.45) is 0.972. The lowest BCUT2D eigenvalue weighted by Gasteiger charge is -2.11. The lowest BCUT2D eigenvalue weighted by atomic mass is 10.1. The molecule has 6 heteroatoms. The number of methoxy groups -OCH3 is 1. The summed E-state index contributed by atoms with van der Waals surface area (Å²) in [6.45, 7) is 10.0. The molecule has 0 radical (unpaired) electrons. The molecule has 2 N–H and O–H groups in total. The smallest absolute Gasteiger partial charge is 0.191 e. The average Bonchev–Trinajstić information content (AvgIpc) is 2.52. The zero-order chi connectivity index (χ0) is 16.2. The third-order valence-corrected chi connectivity index (χ3v) is 3.19. The number of ether oxygens (including phenoxy) is 2. The van der Waals surface area contributed by atoms with Crippen molar-refractivity contribution in [3.05, 3.63) is 29.3 Å². The molecule has 0 saturated heterocycles. The van der Waals surface area contributed by atoms with E-state index in [-0.39, 0.29) is 24.0 Å². The Kier molecular flexibility index (Phi) is 12.8. The summed E-state index contributed by atoms with van der Waals surface area (Å²) in [5.41, 5.74) is 2.30. The molecule has 5 nitrogen and oxygen atoms in total. The summed E-state index contributed by atoms with van der Waals surface area (Å²) in [4.78, 5) is 4.61. The number of nitrogens with one attached hydrogen (secondary N) is 2. The zero-order valence-corrected chi connectivity index (χ0v) is 17.0. The van der Waals surface area contributed by atoms with E-state index in [4.69, 9.17) is 9.47 Å². The van der Waals surface area contributed by atoms with Crippen LogP contribution in [0.15, 0.2) is 23.2 Å².